The first-order valence-electron chi connectivity index (χ1n) is 4.48. The van der Waals surface area contributed by atoms with Crippen LogP contribution >= 0.6 is 0 Å². The molecule has 0 amide bonds. The summed E-state index contributed by atoms with van der Waals surface area (Å²) >= 11 is 0. The van der Waals surface area contributed by atoms with Crippen LogP contribution in [0.15, 0.2) is 37.6 Å². The van der Waals surface area contributed by atoms with Crippen LogP contribution in [0.5, 0.6) is 0 Å². The number of ether oxygens (including phenoxy) is 2. The summed E-state index contributed by atoms with van der Waals surface area (Å²) < 4.78 is 9.30. The molecular formula is C11H14O4. The van der Waals surface area contributed by atoms with Crippen molar-refractivity contribution in [2.24, 2.45) is 0 Å². The zero-order valence-corrected chi connectivity index (χ0v) is 8.48. The van der Waals surface area contributed by atoms with Crippen molar-refractivity contribution >= 4 is 11.9 Å². The summed E-state index contributed by atoms with van der Waals surface area (Å²) in [5, 5.41) is 0. The minimum absolute atomic E-state index is 0.324. The Balaban J connectivity index is 3.38. The van der Waals surface area contributed by atoms with Gasteiger partial charge < -0.3 is 9.47 Å². The van der Waals surface area contributed by atoms with Crippen LogP contribution in [0.25, 0.3) is 0 Å². The molecule has 0 atom stereocenters. The lowest BCUT2D eigenvalue weighted by Gasteiger charge is -1.98. The van der Waals surface area contributed by atoms with Crippen molar-refractivity contribution in [2.45, 2.75) is 12.8 Å². The molecule has 0 saturated carbocycles. The summed E-state index contributed by atoms with van der Waals surface area (Å²) in [6, 6.07) is 0. The van der Waals surface area contributed by atoms with Crippen molar-refractivity contribution in [3.05, 3.63) is 37.6 Å². The third-order valence-electron chi connectivity index (χ3n) is 1.37. The van der Waals surface area contributed by atoms with Crippen molar-refractivity contribution in [3.63, 3.8) is 0 Å². The molecule has 0 unspecified atom stereocenters. The monoisotopic (exact) mass is 210 g/mol. The molecule has 0 spiro atoms. The minimum atomic E-state index is -0.496. The quantitative estimate of drug-likeness (QED) is 0.278. The molecule has 4 nitrogen and oxygen atoms in total. The highest BCUT2D eigenvalue weighted by molar-refractivity contribution is 5.81. The molecule has 0 saturated heterocycles. The van der Waals surface area contributed by atoms with E-state index in [9.17, 15) is 9.59 Å². The fourth-order valence-electron chi connectivity index (χ4n) is 0.664. The first-order chi connectivity index (χ1) is 7.20. The lowest BCUT2D eigenvalue weighted by Crippen LogP contribution is -2.01. The maximum atomic E-state index is 10.6. The molecule has 15 heavy (non-hydrogen) atoms. The van der Waals surface area contributed by atoms with E-state index in [0.29, 0.717) is 19.4 Å². The number of carbonyl (C=O) groups is 2. The molecule has 0 heterocycles. The van der Waals surface area contributed by atoms with Crippen molar-refractivity contribution in [1.82, 2.24) is 0 Å². The molecule has 4 heteroatoms. The van der Waals surface area contributed by atoms with E-state index in [2.05, 4.69) is 17.9 Å². The summed E-state index contributed by atoms with van der Waals surface area (Å²) in [7, 11) is 0. The van der Waals surface area contributed by atoms with Crippen LogP contribution in [0.2, 0.25) is 0 Å². The number of allylic oxidation sites excluding steroid dienone is 1. The standard InChI is InChI=1S/C11H14O4/c1-3-10(12)14-8-6-5-7-9-15-11(13)4-2/h3-4,6,8H,1-2,5,7,9H2. The maximum Gasteiger partial charge on any atom is 0.334 e. The lowest BCUT2D eigenvalue weighted by molar-refractivity contribution is -0.137. The highest BCUT2D eigenvalue weighted by Crippen LogP contribution is 1.93. The summed E-state index contributed by atoms with van der Waals surface area (Å²) in [5.41, 5.74) is 0. The number of hydrogen-bond donors (Lipinski definition) is 0. The van der Waals surface area contributed by atoms with Gasteiger partial charge in [0.1, 0.15) is 0 Å². The van der Waals surface area contributed by atoms with Gasteiger partial charge in [0.2, 0.25) is 0 Å². The van der Waals surface area contributed by atoms with Crippen molar-refractivity contribution in [2.75, 3.05) is 6.61 Å². The highest BCUT2D eigenvalue weighted by Gasteiger charge is 1.93. The van der Waals surface area contributed by atoms with Crippen LogP contribution in [0.1, 0.15) is 12.8 Å². The molecule has 0 aliphatic carbocycles. The predicted octanol–water partition coefficient (Wildman–Crippen LogP) is 1.74. The molecule has 0 bridgehead atoms. The van der Waals surface area contributed by atoms with Gasteiger partial charge in [-0.2, -0.15) is 0 Å². The summed E-state index contributed by atoms with van der Waals surface area (Å²) in [5.74, 6) is -0.929. The number of unbranched alkanes of at least 4 members (excludes halogenated alkanes) is 1. The van der Waals surface area contributed by atoms with Gasteiger partial charge in [0, 0.05) is 12.2 Å². The number of esters is 2. The topological polar surface area (TPSA) is 52.6 Å². The van der Waals surface area contributed by atoms with Crippen LogP contribution in [0, 0.1) is 0 Å². The average molecular weight is 210 g/mol. The van der Waals surface area contributed by atoms with E-state index in [1.807, 2.05) is 0 Å². The molecular weight excluding hydrogens is 196 g/mol. The molecule has 0 aromatic rings. The highest BCUT2D eigenvalue weighted by atomic mass is 16.5. The zero-order chi connectivity index (χ0) is 11.5. The second-order valence-electron chi connectivity index (χ2n) is 2.53. The van der Waals surface area contributed by atoms with E-state index >= 15 is 0 Å². The Labute approximate surface area is 88.9 Å². The van der Waals surface area contributed by atoms with Crippen LogP contribution in [-0.4, -0.2) is 18.5 Å². The summed E-state index contributed by atoms with van der Waals surface area (Å²) in [4.78, 5) is 21.1. The van der Waals surface area contributed by atoms with E-state index in [4.69, 9.17) is 4.74 Å². The van der Waals surface area contributed by atoms with Crippen LogP contribution in [0.3, 0.4) is 0 Å². The van der Waals surface area contributed by atoms with Crippen molar-refractivity contribution in [3.8, 4) is 0 Å². The van der Waals surface area contributed by atoms with E-state index < -0.39 is 11.9 Å². The molecule has 0 rings (SSSR count). The minimum Gasteiger partial charge on any atom is -0.463 e. The first kappa shape index (κ1) is 13.2. The molecule has 0 fully saturated rings. The Bertz CT molecular complexity index is 266. The van der Waals surface area contributed by atoms with E-state index in [-0.39, 0.29) is 0 Å². The number of carbonyl (C=O) groups excluding carboxylic acids is 2. The summed E-state index contributed by atoms with van der Waals surface area (Å²) in [6.07, 6.45) is 6.48. The lowest BCUT2D eigenvalue weighted by atomic mass is 10.3. The molecule has 0 radical (unpaired) electrons. The Morgan fingerprint density at radius 3 is 2.40 bits per heavy atom. The van der Waals surface area contributed by atoms with Crippen molar-refractivity contribution < 1.29 is 19.1 Å². The van der Waals surface area contributed by atoms with E-state index in [1.54, 1.807) is 6.08 Å². The largest absolute Gasteiger partial charge is 0.463 e. The smallest absolute Gasteiger partial charge is 0.334 e. The molecule has 0 aliphatic heterocycles. The van der Waals surface area contributed by atoms with Gasteiger partial charge in [-0.1, -0.05) is 13.2 Å². The fraction of sp³-hybridized carbons (Fsp3) is 0.273. The van der Waals surface area contributed by atoms with E-state index in [0.717, 1.165) is 12.2 Å². The van der Waals surface area contributed by atoms with Gasteiger partial charge >= 0.3 is 11.9 Å². The predicted molar refractivity (Wildman–Crippen MR) is 55.8 cm³/mol. The first-order valence-corrected chi connectivity index (χ1v) is 4.48. The van der Waals surface area contributed by atoms with E-state index in [1.165, 1.54) is 6.26 Å². The van der Waals surface area contributed by atoms with Crippen molar-refractivity contribution in [1.29, 1.82) is 0 Å². The van der Waals surface area contributed by atoms with Gasteiger partial charge in [-0.3, -0.25) is 0 Å². The Morgan fingerprint density at radius 1 is 1.13 bits per heavy atom. The van der Waals surface area contributed by atoms with Crippen LogP contribution in [-0.2, 0) is 19.1 Å². The average Bonchev–Trinajstić information content (AvgIpc) is 2.26. The molecule has 0 aromatic heterocycles. The van der Waals surface area contributed by atoms with Crippen LogP contribution in [0.4, 0.5) is 0 Å². The van der Waals surface area contributed by atoms with Gasteiger partial charge in [-0.05, 0) is 18.9 Å². The maximum absolute atomic E-state index is 10.6. The Morgan fingerprint density at radius 2 is 1.80 bits per heavy atom. The SMILES string of the molecule is C=CC(=O)OC=CCCCOC(=O)C=C. The molecule has 82 valence electrons. The molecule has 0 aromatic carbocycles. The van der Waals surface area contributed by atoms with Gasteiger partial charge in [0.25, 0.3) is 0 Å². The second-order valence-corrected chi connectivity index (χ2v) is 2.53. The zero-order valence-electron chi connectivity index (χ0n) is 8.48. The number of hydrogen-bond acceptors (Lipinski definition) is 4. The Kier molecular flexibility index (Phi) is 7.67. The fourth-order valence-corrected chi connectivity index (χ4v) is 0.664. The third-order valence-corrected chi connectivity index (χ3v) is 1.37. The normalized spacial score (nSPS) is 9.60. The molecule has 0 N–H and O–H groups in total. The third kappa shape index (κ3) is 8.49. The Hall–Kier alpha value is -1.84. The second kappa shape index (κ2) is 8.74. The molecule has 0 aliphatic rings. The number of rotatable bonds is 7. The van der Waals surface area contributed by atoms with Gasteiger partial charge in [0.15, 0.2) is 0 Å². The van der Waals surface area contributed by atoms with Gasteiger partial charge in [-0.25, -0.2) is 9.59 Å². The summed E-state index contributed by atoms with van der Waals surface area (Å²) in [6.45, 7) is 6.83. The van der Waals surface area contributed by atoms with Gasteiger partial charge in [0.05, 0.1) is 12.9 Å². The van der Waals surface area contributed by atoms with Crippen LogP contribution < -0.4 is 0 Å². The van der Waals surface area contributed by atoms with Gasteiger partial charge in [-0.15, -0.1) is 0 Å².